The first-order chi connectivity index (χ1) is 12.7. The van der Waals surface area contributed by atoms with Gasteiger partial charge in [0.25, 0.3) is 0 Å². The van der Waals surface area contributed by atoms with Gasteiger partial charge in [-0.15, -0.1) is 0 Å². The first-order valence-corrected chi connectivity index (χ1v) is 8.34. The minimum Gasteiger partial charge on any atom is -0.493 e. The van der Waals surface area contributed by atoms with Crippen LogP contribution in [-0.2, 0) is 4.74 Å². The highest BCUT2D eigenvalue weighted by Gasteiger charge is 2.32. The molecule has 130 valence electrons. The summed E-state index contributed by atoms with van der Waals surface area (Å²) in [7, 11) is 3.05. The Hall–Kier alpha value is -3.27. The van der Waals surface area contributed by atoms with Crippen LogP contribution in [0.5, 0.6) is 11.5 Å². The molecule has 0 bridgehead atoms. The first kappa shape index (κ1) is 16.2. The van der Waals surface area contributed by atoms with Gasteiger partial charge in [0, 0.05) is 11.1 Å². The quantitative estimate of drug-likeness (QED) is 0.646. The lowest BCUT2D eigenvalue weighted by atomic mass is 10.1. The Balaban J connectivity index is 1.73. The summed E-state index contributed by atoms with van der Waals surface area (Å²) < 4.78 is 16.6. The van der Waals surface area contributed by atoms with Gasteiger partial charge in [-0.3, -0.25) is 0 Å². The number of ether oxygens (including phenoxy) is 3. The molecule has 0 spiro atoms. The van der Waals surface area contributed by atoms with Gasteiger partial charge in [-0.25, -0.2) is 4.79 Å². The Morgan fingerprint density at radius 1 is 0.769 bits per heavy atom. The van der Waals surface area contributed by atoms with Gasteiger partial charge in [0.2, 0.25) is 0 Å². The Kier molecular flexibility index (Phi) is 4.09. The number of rotatable bonds is 4. The van der Waals surface area contributed by atoms with Crippen LogP contribution >= 0.6 is 0 Å². The molecule has 0 unspecified atom stereocenters. The second kappa shape index (κ2) is 6.56. The van der Waals surface area contributed by atoms with Gasteiger partial charge in [-0.2, -0.15) is 0 Å². The highest BCUT2D eigenvalue weighted by atomic mass is 16.5. The van der Waals surface area contributed by atoms with Crippen molar-refractivity contribution in [3.8, 4) is 22.6 Å². The highest BCUT2D eigenvalue weighted by molar-refractivity contribution is 5.94. The predicted octanol–water partition coefficient (Wildman–Crippen LogP) is 4.63. The fourth-order valence-corrected chi connectivity index (χ4v) is 3.45. The number of carbonyl (C=O) groups is 1. The lowest BCUT2D eigenvalue weighted by Crippen LogP contribution is -2.12. The lowest BCUT2D eigenvalue weighted by Gasteiger charge is -2.17. The molecule has 4 nitrogen and oxygen atoms in total. The Morgan fingerprint density at radius 3 is 1.96 bits per heavy atom. The van der Waals surface area contributed by atoms with Crippen molar-refractivity contribution in [3.05, 3.63) is 83.4 Å². The molecular weight excluding hydrogens is 328 g/mol. The van der Waals surface area contributed by atoms with Gasteiger partial charge in [-0.05, 0) is 23.3 Å². The molecule has 0 radical (unpaired) electrons. The fraction of sp³-hybridized carbons (Fsp3) is 0.136. The molecule has 0 N–H and O–H groups in total. The Morgan fingerprint density at radius 2 is 1.38 bits per heavy atom. The summed E-state index contributed by atoms with van der Waals surface area (Å²) in [6.45, 7) is 0. The maximum Gasteiger partial charge on any atom is 0.343 e. The van der Waals surface area contributed by atoms with Crippen LogP contribution in [0.15, 0.2) is 66.7 Å². The molecule has 0 fully saturated rings. The van der Waals surface area contributed by atoms with Gasteiger partial charge in [0.05, 0.1) is 14.2 Å². The first-order valence-electron chi connectivity index (χ1n) is 8.34. The second-order valence-corrected chi connectivity index (χ2v) is 6.00. The van der Waals surface area contributed by atoms with Crippen LogP contribution in [0.3, 0.4) is 0 Å². The fourth-order valence-electron chi connectivity index (χ4n) is 3.45. The van der Waals surface area contributed by atoms with Crippen LogP contribution < -0.4 is 9.47 Å². The topological polar surface area (TPSA) is 44.8 Å². The molecule has 3 aromatic carbocycles. The predicted molar refractivity (Wildman–Crippen MR) is 98.7 cm³/mol. The van der Waals surface area contributed by atoms with Crippen molar-refractivity contribution >= 4 is 5.97 Å². The molecule has 0 saturated heterocycles. The van der Waals surface area contributed by atoms with Crippen LogP contribution in [0.4, 0.5) is 0 Å². The summed E-state index contributed by atoms with van der Waals surface area (Å²) in [5.41, 5.74) is 4.51. The molecular formula is C22H18O4. The van der Waals surface area contributed by atoms with Gasteiger partial charge >= 0.3 is 5.97 Å². The van der Waals surface area contributed by atoms with Gasteiger partial charge in [0.15, 0.2) is 17.6 Å². The summed E-state index contributed by atoms with van der Waals surface area (Å²) in [6, 6.07) is 21.2. The molecule has 0 aliphatic heterocycles. The third kappa shape index (κ3) is 2.51. The van der Waals surface area contributed by atoms with E-state index < -0.39 is 12.1 Å². The molecule has 0 aromatic heterocycles. The Labute approximate surface area is 152 Å². The highest BCUT2D eigenvalue weighted by Crippen LogP contribution is 2.45. The summed E-state index contributed by atoms with van der Waals surface area (Å²) in [4.78, 5) is 12.9. The average molecular weight is 346 g/mol. The van der Waals surface area contributed by atoms with Crippen molar-refractivity contribution in [2.45, 2.75) is 6.10 Å². The monoisotopic (exact) mass is 346 g/mol. The summed E-state index contributed by atoms with van der Waals surface area (Å²) in [6.07, 6.45) is -0.439. The van der Waals surface area contributed by atoms with Crippen molar-refractivity contribution in [3.63, 3.8) is 0 Å². The van der Waals surface area contributed by atoms with Gasteiger partial charge < -0.3 is 14.2 Å². The molecule has 0 saturated carbocycles. The van der Waals surface area contributed by atoms with Crippen LogP contribution in [0.2, 0.25) is 0 Å². The summed E-state index contributed by atoms with van der Waals surface area (Å²) >= 11 is 0. The zero-order valence-electron chi connectivity index (χ0n) is 14.6. The van der Waals surface area contributed by atoms with E-state index in [2.05, 4.69) is 0 Å². The Bertz CT molecular complexity index is 932. The normalized spacial score (nSPS) is 12.2. The SMILES string of the molecule is COc1cccc(C(=O)OC2c3ccccc3-c3ccccc32)c1OC. The molecule has 0 heterocycles. The number of methoxy groups -OCH3 is 2. The third-order valence-corrected chi connectivity index (χ3v) is 4.62. The van der Waals surface area contributed by atoms with Crippen molar-refractivity contribution in [1.29, 1.82) is 0 Å². The second-order valence-electron chi connectivity index (χ2n) is 6.00. The number of carbonyl (C=O) groups excluding carboxylic acids is 1. The molecule has 3 aromatic rings. The zero-order chi connectivity index (χ0) is 18.1. The lowest BCUT2D eigenvalue weighted by molar-refractivity contribution is 0.0381. The van der Waals surface area contributed by atoms with E-state index in [0.717, 1.165) is 22.3 Å². The molecule has 0 atom stereocenters. The number of esters is 1. The van der Waals surface area contributed by atoms with E-state index in [4.69, 9.17) is 14.2 Å². The van der Waals surface area contributed by atoms with Crippen molar-refractivity contribution in [2.24, 2.45) is 0 Å². The van der Waals surface area contributed by atoms with Gasteiger partial charge in [0.1, 0.15) is 5.56 Å². The van der Waals surface area contributed by atoms with E-state index in [9.17, 15) is 4.79 Å². The maximum absolute atomic E-state index is 12.9. The van der Waals surface area contributed by atoms with Crippen LogP contribution in [0.25, 0.3) is 11.1 Å². The smallest absolute Gasteiger partial charge is 0.343 e. The number of benzene rings is 3. The zero-order valence-corrected chi connectivity index (χ0v) is 14.6. The molecule has 1 aliphatic carbocycles. The van der Waals surface area contributed by atoms with E-state index in [1.807, 2.05) is 48.5 Å². The molecule has 1 aliphatic rings. The van der Waals surface area contributed by atoms with E-state index in [0.29, 0.717) is 17.1 Å². The largest absolute Gasteiger partial charge is 0.493 e. The van der Waals surface area contributed by atoms with Crippen LogP contribution in [0, 0.1) is 0 Å². The minimum absolute atomic E-state index is 0.341. The van der Waals surface area contributed by atoms with Crippen LogP contribution in [-0.4, -0.2) is 20.2 Å². The molecule has 0 amide bonds. The maximum atomic E-state index is 12.9. The van der Waals surface area contributed by atoms with Gasteiger partial charge in [-0.1, -0.05) is 54.6 Å². The van der Waals surface area contributed by atoms with E-state index >= 15 is 0 Å². The number of fused-ring (bicyclic) bond motifs is 3. The van der Waals surface area contributed by atoms with Crippen molar-refractivity contribution in [2.75, 3.05) is 14.2 Å². The van der Waals surface area contributed by atoms with E-state index in [1.54, 1.807) is 18.2 Å². The average Bonchev–Trinajstić information content (AvgIpc) is 3.01. The van der Waals surface area contributed by atoms with Crippen LogP contribution in [0.1, 0.15) is 27.6 Å². The number of hydrogen-bond donors (Lipinski definition) is 0. The minimum atomic E-state index is -0.447. The number of hydrogen-bond acceptors (Lipinski definition) is 4. The van der Waals surface area contributed by atoms with Crippen molar-refractivity contribution in [1.82, 2.24) is 0 Å². The van der Waals surface area contributed by atoms with Crippen molar-refractivity contribution < 1.29 is 19.0 Å². The number of para-hydroxylation sites is 1. The van der Waals surface area contributed by atoms with E-state index in [-0.39, 0.29) is 0 Å². The standard InChI is InChI=1S/C22H18O4/c1-24-19-13-7-12-18(21(19)25-2)22(23)26-20-16-10-5-3-8-14(16)15-9-4-6-11-17(15)20/h3-13,20H,1-2H3. The molecule has 26 heavy (non-hydrogen) atoms. The van der Waals surface area contributed by atoms with E-state index in [1.165, 1.54) is 14.2 Å². The molecule has 4 heteroatoms. The molecule has 4 rings (SSSR count). The summed E-state index contributed by atoms with van der Waals surface area (Å²) in [5, 5.41) is 0. The third-order valence-electron chi connectivity index (χ3n) is 4.62. The summed E-state index contributed by atoms with van der Waals surface area (Å²) in [5.74, 6) is 0.422.